The Labute approximate surface area is 149 Å². The first-order valence-corrected chi connectivity index (χ1v) is 8.77. The van der Waals surface area contributed by atoms with Crippen molar-refractivity contribution in [2.24, 2.45) is 4.99 Å². The summed E-state index contributed by atoms with van der Waals surface area (Å²) in [5, 5.41) is 0. The molecule has 1 aromatic heterocycles. The highest BCUT2D eigenvalue weighted by Gasteiger charge is 2.11. The Bertz CT molecular complexity index is 987. The highest BCUT2D eigenvalue weighted by molar-refractivity contribution is 7.16. The maximum absolute atomic E-state index is 12.3. The van der Waals surface area contributed by atoms with Gasteiger partial charge in [-0.25, -0.2) is 4.79 Å². The van der Waals surface area contributed by atoms with Gasteiger partial charge in [-0.2, -0.15) is 4.99 Å². The van der Waals surface area contributed by atoms with E-state index >= 15 is 0 Å². The van der Waals surface area contributed by atoms with Gasteiger partial charge < -0.3 is 9.30 Å². The number of methoxy groups -OCH3 is 1. The van der Waals surface area contributed by atoms with Crippen molar-refractivity contribution < 1.29 is 14.3 Å². The van der Waals surface area contributed by atoms with Gasteiger partial charge in [-0.1, -0.05) is 41.7 Å². The first kappa shape index (κ1) is 17.1. The van der Waals surface area contributed by atoms with Crippen molar-refractivity contribution in [2.45, 2.75) is 19.9 Å². The van der Waals surface area contributed by atoms with Gasteiger partial charge in [0.1, 0.15) is 0 Å². The molecule has 0 N–H and O–H groups in total. The van der Waals surface area contributed by atoms with Gasteiger partial charge in [0.15, 0.2) is 4.80 Å². The van der Waals surface area contributed by atoms with Crippen molar-refractivity contribution in [3.05, 3.63) is 64.5 Å². The van der Waals surface area contributed by atoms with Crippen molar-refractivity contribution in [2.75, 3.05) is 7.11 Å². The average molecular weight is 354 g/mol. The molecule has 25 heavy (non-hydrogen) atoms. The lowest BCUT2D eigenvalue weighted by molar-refractivity contribution is -0.117. The zero-order valence-electron chi connectivity index (χ0n) is 14.1. The fraction of sp³-hybridized carbons (Fsp3) is 0.211. The summed E-state index contributed by atoms with van der Waals surface area (Å²) in [6.07, 6.45) is 0.270. The molecule has 0 fully saturated rings. The van der Waals surface area contributed by atoms with Crippen LogP contribution in [0.5, 0.6) is 0 Å². The van der Waals surface area contributed by atoms with Crippen LogP contribution < -0.4 is 4.80 Å². The van der Waals surface area contributed by atoms with Crippen molar-refractivity contribution in [1.82, 2.24) is 4.57 Å². The molecule has 128 valence electrons. The van der Waals surface area contributed by atoms with Gasteiger partial charge in [-0.3, -0.25) is 4.79 Å². The molecule has 5 nitrogen and oxygen atoms in total. The number of hydrogen-bond donors (Lipinski definition) is 0. The Kier molecular flexibility index (Phi) is 5.09. The van der Waals surface area contributed by atoms with E-state index in [9.17, 15) is 9.59 Å². The van der Waals surface area contributed by atoms with Gasteiger partial charge in [0.25, 0.3) is 5.91 Å². The Hall–Kier alpha value is -2.73. The number of amides is 1. The zero-order valence-corrected chi connectivity index (χ0v) is 14.9. The summed E-state index contributed by atoms with van der Waals surface area (Å²) >= 11 is 1.40. The highest BCUT2D eigenvalue weighted by atomic mass is 32.1. The maximum atomic E-state index is 12.3. The average Bonchev–Trinajstić information content (AvgIpc) is 2.97. The van der Waals surface area contributed by atoms with E-state index in [2.05, 4.69) is 4.99 Å². The van der Waals surface area contributed by atoms with Gasteiger partial charge in [0, 0.05) is 6.54 Å². The molecule has 1 amide bonds. The van der Waals surface area contributed by atoms with Gasteiger partial charge in [0.05, 0.1) is 29.3 Å². The summed E-state index contributed by atoms with van der Waals surface area (Å²) < 4.78 is 7.64. The van der Waals surface area contributed by atoms with E-state index in [4.69, 9.17) is 4.74 Å². The van der Waals surface area contributed by atoms with E-state index in [0.29, 0.717) is 16.9 Å². The smallest absolute Gasteiger partial charge is 0.337 e. The first-order chi connectivity index (χ1) is 12.1. The normalized spacial score (nSPS) is 11.7. The SMILES string of the molecule is CCn1c(=NC(=O)Cc2ccccc2)sc2cc(C(=O)OC)ccc21. The highest BCUT2D eigenvalue weighted by Crippen LogP contribution is 2.20. The molecule has 0 aliphatic rings. The largest absolute Gasteiger partial charge is 0.465 e. The Morgan fingerprint density at radius 3 is 2.60 bits per heavy atom. The predicted octanol–water partition coefficient (Wildman–Crippen LogP) is 3.18. The third-order valence-electron chi connectivity index (χ3n) is 3.84. The number of esters is 1. The zero-order chi connectivity index (χ0) is 17.8. The minimum atomic E-state index is -0.378. The molecule has 0 saturated heterocycles. The van der Waals surface area contributed by atoms with E-state index in [1.807, 2.05) is 47.9 Å². The minimum Gasteiger partial charge on any atom is -0.465 e. The molecule has 0 spiro atoms. The number of thiazole rings is 1. The van der Waals surface area contributed by atoms with Crippen LogP contribution >= 0.6 is 11.3 Å². The fourth-order valence-corrected chi connectivity index (χ4v) is 3.78. The molecule has 0 radical (unpaired) electrons. The third kappa shape index (κ3) is 3.69. The van der Waals surface area contributed by atoms with Crippen LogP contribution in [-0.4, -0.2) is 23.6 Å². The standard InChI is InChI=1S/C19H18N2O3S/c1-3-21-15-10-9-14(18(23)24-2)12-16(15)25-19(21)20-17(22)11-13-7-5-4-6-8-13/h4-10,12H,3,11H2,1-2H3. The number of carbonyl (C=O) groups excluding carboxylic acids is 2. The summed E-state index contributed by atoms with van der Waals surface area (Å²) in [5.41, 5.74) is 2.38. The molecule has 0 atom stereocenters. The van der Waals surface area contributed by atoms with Crippen LogP contribution in [0, 0.1) is 0 Å². The monoisotopic (exact) mass is 354 g/mol. The van der Waals surface area contributed by atoms with E-state index in [-0.39, 0.29) is 18.3 Å². The number of aryl methyl sites for hydroxylation is 1. The molecular formula is C19H18N2O3S. The third-order valence-corrected chi connectivity index (χ3v) is 4.88. The van der Waals surface area contributed by atoms with Crippen molar-refractivity contribution in [3.8, 4) is 0 Å². The maximum Gasteiger partial charge on any atom is 0.337 e. The van der Waals surface area contributed by atoms with Crippen molar-refractivity contribution in [3.63, 3.8) is 0 Å². The lowest BCUT2D eigenvalue weighted by Gasteiger charge is -2.02. The summed E-state index contributed by atoms with van der Waals surface area (Å²) in [6, 6.07) is 14.9. The molecular weight excluding hydrogens is 336 g/mol. The molecule has 3 rings (SSSR count). The van der Waals surface area contributed by atoms with Crippen LogP contribution in [-0.2, 0) is 22.5 Å². The molecule has 3 aromatic rings. The molecule has 1 heterocycles. The second-order valence-electron chi connectivity index (χ2n) is 5.47. The molecule has 2 aromatic carbocycles. The van der Waals surface area contributed by atoms with Gasteiger partial charge in [0.2, 0.25) is 0 Å². The number of hydrogen-bond acceptors (Lipinski definition) is 4. The van der Waals surface area contributed by atoms with Crippen LogP contribution in [0.15, 0.2) is 53.5 Å². The molecule has 0 bridgehead atoms. The Balaban J connectivity index is 2.00. The Morgan fingerprint density at radius 2 is 1.92 bits per heavy atom. The molecule has 6 heteroatoms. The fourth-order valence-electron chi connectivity index (χ4n) is 2.63. The number of benzene rings is 2. The molecule has 0 aliphatic heterocycles. The van der Waals surface area contributed by atoms with Gasteiger partial charge in [-0.05, 0) is 30.7 Å². The number of carbonyl (C=O) groups is 2. The second kappa shape index (κ2) is 7.44. The van der Waals surface area contributed by atoms with Crippen LogP contribution in [0.25, 0.3) is 10.2 Å². The van der Waals surface area contributed by atoms with E-state index in [0.717, 1.165) is 15.8 Å². The predicted molar refractivity (Wildman–Crippen MR) is 97.5 cm³/mol. The lowest BCUT2D eigenvalue weighted by atomic mass is 10.1. The second-order valence-corrected chi connectivity index (χ2v) is 6.48. The topological polar surface area (TPSA) is 60.7 Å². The number of fused-ring (bicyclic) bond motifs is 1. The quantitative estimate of drug-likeness (QED) is 0.676. The Morgan fingerprint density at radius 1 is 1.16 bits per heavy atom. The number of ether oxygens (including phenoxy) is 1. The molecule has 0 unspecified atom stereocenters. The van der Waals surface area contributed by atoms with Crippen LogP contribution in [0.4, 0.5) is 0 Å². The van der Waals surface area contributed by atoms with Crippen LogP contribution in [0.2, 0.25) is 0 Å². The van der Waals surface area contributed by atoms with Crippen molar-refractivity contribution >= 4 is 33.4 Å². The van der Waals surface area contributed by atoms with Crippen LogP contribution in [0.1, 0.15) is 22.8 Å². The van der Waals surface area contributed by atoms with E-state index < -0.39 is 0 Å². The summed E-state index contributed by atoms with van der Waals surface area (Å²) in [6.45, 7) is 2.69. The number of rotatable bonds is 4. The van der Waals surface area contributed by atoms with E-state index in [1.54, 1.807) is 12.1 Å². The molecule has 0 aliphatic carbocycles. The lowest BCUT2D eigenvalue weighted by Crippen LogP contribution is -2.16. The van der Waals surface area contributed by atoms with Crippen molar-refractivity contribution in [1.29, 1.82) is 0 Å². The van der Waals surface area contributed by atoms with E-state index in [1.165, 1.54) is 18.4 Å². The number of aromatic nitrogens is 1. The summed E-state index contributed by atoms with van der Waals surface area (Å²) in [7, 11) is 1.36. The van der Waals surface area contributed by atoms with Gasteiger partial charge in [-0.15, -0.1) is 0 Å². The summed E-state index contributed by atoms with van der Waals surface area (Å²) in [5.74, 6) is -0.565. The minimum absolute atomic E-state index is 0.187. The summed E-state index contributed by atoms with van der Waals surface area (Å²) in [4.78, 5) is 28.9. The molecule has 0 saturated carbocycles. The van der Waals surface area contributed by atoms with Gasteiger partial charge >= 0.3 is 5.97 Å². The first-order valence-electron chi connectivity index (χ1n) is 7.95. The number of nitrogens with zero attached hydrogens (tertiary/aromatic N) is 2. The van der Waals surface area contributed by atoms with Crippen LogP contribution in [0.3, 0.4) is 0 Å².